The molecule has 4 aromatic rings. The van der Waals surface area contributed by atoms with Gasteiger partial charge in [0.25, 0.3) is 0 Å². The number of rotatable bonds is 3. The van der Waals surface area contributed by atoms with Crippen LogP contribution in [-0.4, -0.2) is 22.0 Å². The Morgan fingerprint density at radius 2 is 1.65 bits per heavy atom. The number of anilines is 1. The van der Waals surface area contributed by atoms with E-state index in [2.05, 4.69) is 56.7 Å². The monoisotopic (exact) mass is 300 g/mol. The molecule has 23 heavy (non-hydrogen) atoms. The van der Waals surface area contributed by atoms with E-state index in [-0.39, 0.29) is 0 Å². The highest BCUT2D eigenvalue weighted by Gasteiger charge is 2.04. The van der Waals surface area contributed by atoms with Crippen molar-refractivity contribution in [3.63, 3.8) is 0 Å². The summed E-state index contributed by atoms with van der Waals surface area (Å²) in [6.07, 6.45) is 5.54. The molecule has 0 atom stereocenters. The van der Waals surface area contributed by atoms with Gasteiger partial charge in [-0.15, -0.1) is 0 Å². The van der Waals surface area contributed by atoms with Crippen LogP contribution in [0.5, 0.6) is 0 Å². The number of H-pyrrole nitrogens is 1. The highest BCUT2D eigenvalue weighted by molar-refractivity contribution is 5.85. The second-order valence-electron chi connectivity index (χ2n) is 5.41. The van der Waals surface area contributed by atoms with Crippen molar-refractivity contribution in [1.82, 2.24) is 15.0 Å². The first-order valence-corrected chi connectivity index (χ1v) is 7.51. The SMILES string of the molecule is CNc1ccc(-c2ccc(-c3cc4ccncc4[nH]3)cc2)cn1. The van der Waals surface area contributed by atoms with Gasteiger partial charge >= 0.3 is 0 Å². The normalized spacial score (nSPS) is 10.8. The van der Waals surface area contributed by atoms with E-state index in [9.17, 15) is 0 Å². The maximum absolute atomic E-state index is 4.36. The summed E-state index contributed by atoms with van der Waals surface area (Å²) in [4.78, 5) is 11.9. The van der Waals surface area contributed by atoms with Crippen molar-refractivity contribution in [2.75, 3.05) is 12.4 Å². The van der Waals surface area contributed by atoms with Crippen molar-refractivity contribution >= 4 is 16.7 Å². The molecule has 0 radical (unpaired) electrons. The van der Waals surface area contributed by atoms with Crippen LogP contribution in [0.15, 0.2) is 67.1 Å². The number of hydrogen-bond acceptors (Lipinski definition) is 3. The minimum atomic E-state index is 0.872. The molecule has 0 unspecified atom stereocenters. The lowest BCUT2D eigenvalue weighted by atomic mass is 10.0. The van der Waals surface area contributed by atoms with Crippen molar-refractivity contribution in [1.29, 1.82) is 0 Å². The molecule has 0 aliphatic rings. The molecule has 3 aromatic heterocycles. The van der Waals surface area contributed by atoms with Crippen molar-refractivity contribution in [3.05, 3.63) is 67.1 Å². The van der Waals surface area contributed by atoms with Gasteiger partial charge in [-0.3, -0.25) is 4.98 Å². The Kier molecular flexibility index (Phi) is 3.27. The van der Waals surface area contributed by atoms with E-state index in [0.717, 1.165) is 33.7 Å². The first-order chi connectivity index (χ1) is 11.3. The van der Waals surface area contributed by atoms with Gasteiger partial charge < -0.3 is 10.3 Å². The summed E-state index contributed by atoms with van der Waals surface area (Å²) in [7, 11) is 1.87. The Balaban J connectivity index is 1.66. The Bertz CT molecular complexity index is 904. The molecular weight excluding hydrogens is 284 g/mol. The second kappa shape index (κ2) is 5.57. The number of aromatic nitrogens is 3. The highest BCUT2D eigenvalue weighted by atomic mass is 14.9. The van der Waals surface area contributed by atoms with Gasteiger partial charge in [-0.25, -0.2) is 4.98 Å². The number of nitrogens with one attached hydrogen (secondary N) is 2. The van der Waals surface area contributed by atoms with Gasteiger partial charge in [-0.2, -0.15) is 0 Å². The van der Waals surface area contributed by atoms with Crippen molar-refractivity contribution < 1.29 is 0 Å². The largest absolute Gasteiger partial charge is 0.373 e. The number of pyridine rings is 2. The van der Waals surface area contributed by atoms with E-state index in [0.29, 0.717) is 0 Å². The fourth-order valence-electron chi connectivity index (χ4n) is 2.68. The fraction of sp³-hybridized carbons (Fsp3) is 0.0526. The average molecular weight is 300 g/mol. The van der Waals surface area contributed by atoms with Gasteiger partial charge in [0.05, 0.1) is 11.7 Å². The van der Waals surface area contributed by atoms with Gasteiger partial charge in [0.1, 0.15) is 5.82 Å². The minimum Gasteiger partial charge on any atom is -0.373 e. The zero-order chi connectivity index (χ0) is 15.6. The van der Waals surface area contributed by atoms with Gasteiger partial charge in [0, 0.05) is 36.1 Å². The standard InChI is InChI=1S/C19H16N4/c1-20-19-7-6-16(11-22-19)13-2-4-14(5-3-13)17-10-15-8-9-21-12-18(15)23-17/h2-12,23H,1H3,(H,20,22). The Morgan fingerprint density at radius 1 is 0.870 bits per heavy atom. The summed E-state index contributed by atoms with van der Waals surface area (Å²) in [6, 6.07) is 16.7. The van der Waals surface area contributed by atoms with E-state index in [1.54, 1.807) is 0 Å². The number of benzene rings is 1. The van der Waals surface area contributed by atoms with Crippen LogP contribution in [0.3, 0.4) is 0 Å². The molecule has 3 heterocycles. The summed E-state index contributed by atoms with van der Waals surface area (Å²) in [5.74, 6) is 0.872. The molecule has 0 saturated carbocycles. The number of hydrogen-bond donors (Lipinski definition) is 2. The first-order valence-electron chi connectivity index (χ1n) is 7.51. The summed E-state index contributed by atoms with van der Waals surface area (Å²) < 4.78 is 0. The molecule has 0 fully saturated rings. The Labute approximate surface area is 134 Å². The maximum atomic E-state index is 4.36. The van der Waals surface area contributed by atoms with E-state index in [1.807, 2.05) is 37.8 Å². The molecule has 4 rings (SSSR count). The third kappa shape index (κ3) is 2.55. The Morgan fingerprint density at radius 3 is 2.35 bits per heavy atom. The quantitative estimate of drug-likeness (QED) is 0.592. The molecule has 0 aliphatic carbocycles. The van der Waals surface area contributed by atoms with Crippen LogP contribution in [-0.2, 0) is 0 Å². The van der Waals surface area contributed by atoms with Crippen molar-refractivity contribution in [3.8, 4) is 22.4 Å². The second-order valence-corrected chi connectivity index (χ2v) is 5.41. The van der Waals surface area contributed by atoms with Gasteiger partial charge in [-0.05, 0) is 35.4 Å². The summed E-state index contributed by atoms with van der Waals surface area (Å²) in [5, 5.41) is 4.20. The average Bonchev–Trinajstić information content (AvgIpc) is 3.06. The zero-order valence-corrected chi connectivity index (χ0v) is 12.7. The van der Waals surface area contributed by atoms with Crippen LogP contribution in [0, 0.1) is 0 Å². The van der Waals surface area contributed by atoms with E-state index in [4.69, 9.17) is 0 Å². The molecule has 0 amide bonds. The molecule has 0 saturated heterocycles. The van der Waals surface area contributed by atoms with Crippen LogP contribution in [0.25, 0.3) is 33.3 Å². The van der Waals surface area contributed by atoms with E-state index < -0.39 is 0 Å². The molecule has 1 aromatic carbocycles. The Hall–Kier alpha value is -3.14. The van der Waals surface area contributed by atoms with Crippen LogP contribution < -0.4 is 5.32 Å². The predicted molar refractivity (Wildman–Crippen MR) is 94.3 cm³/mol. The molecule has 2 N–H and O–H groups in total. The fourth-order valence-corrected chi connectivity index (χ4v) is 2.68. The number of nitrogens with zero attached hydrogens (tertiary/aromatic N) is 2. The lowest BCUT2D eigenvalue weighted by molar-refractivity contribution is 1.29. The lowest BCUT2D eigenvalue weighted by Crippen LogP contribution is -1.91. The summed E-state index contributed by atoms with van der Waals surface area (Å²) >= 11 is 0. The van der Waals surface area contributed by atoms with Crippen LogP contribution in [0.4, 0.5) is 5.82 Å². The summed E-state index contributed by atoms with van der Waals surface area (Å²) in [6.45, 7) is 0. The van der Waals surface area contributed by atoms with E-state index in [1.165, 1.54) is 5.39 Å². The topological polar surface area (TPSA) is 53.6 Å². The smallest absolute Gasteiger partial charge is 0.125 e. The molecule has 0 spiro atoms. The molecular formula is C19H16N4. The highest BCUT2D eigenvalue weighted by Crippen LogP contribution is 2.26. The molecule has 112 valence electrons. The zero-order valence-electron chi connectivity index (χ0n) is 12.7. The third-order valence-electron chi connectivity index (χ3n) is 3.97. The van der Waals surface area contributed by atoms with Crippen LogP contribution in [0.2, 0.25) is 0 Å². The third-order valence-corrected chi connectivity index (χ3v) is 3.97. The number of fused-ring (bicyclic) bond motifs is 1. The molecule has 0 bridgehead atoms. The van der Waals surface area contributed by atoms with Gasteiger partial charge in [0.2, 0.25) is 0 Å². The minimum absolute atomic E-state index is 0.872. The summed E-state index contributed by atoms with van der Waals surface area (Å²) in [5.41, 5.74) is 5.57. The van der Waals surface area contributed by atoms with Crippen molar-refractivity contribution in [2.24, 2.45) is 0 Å². The first kappa shape index (κ1) is 13.5. The van der Waals surface area contributed by atoms with E-state index >= 15 is 0 Å². The van der Waals surface area contributed by atoms with Crippen molar-refractivity contribution in [2.45, 2.75) is 0 Å². The van der Waals surface area contributed by atoms with Crippen LogP contribution in [0.1, 0.15) is 0 Å². The van der Waals surface area contributed by atoms with Gasteiger partial charge in [0.15, 0.2) is 0 Å². The van der Waals surface area contributed by atoms with Gasteiger partial charge in [-0.1, -0.05) is 24.3 Å². The van der Waals surface area contributed by atoms with Crippen LogP contribution >= 0.6 is 0 Å². The lowest BCUT2D eigenvalue weighted by Gasteiger charge is -2.04. The molecule has 0 aliphatic heterocycles. The maximum Gasteiger partial charge on any atom is 0.125 e. The molecule has 4 heteroatoms. The predicted octanol–water partition coefficient (Wildman–Crippen LogP) is 4.33. The molecule has 4 nitrogen and oxygen atoms in total. The number of aromatic amines is 1.